The molecule has 1 fully saturated rings. The number of likely N-dealkylation sites (N-methyl/N-ethyl adjacent to an activating group) is 1. The number of halogens is 2. The molecule has 0 aromatic heterocycles. The summed E-state index contributed by atoms with van der Waals surface area (Å²) in [6.45, 7) is 6.94. The summed E-state index contributed by atoms with van der Waals surface area (Å²) >= 11 is 12.4. The zero-order valence-corrected chi connectivity index (χ0v) is 24.5. The van der Waals surface area contributed by atoms with Crippen LogP contribution in [0.1, 0.15) is 42.2 Å². The highest BCUT2D eigenvalue weighted by molar-refractivity contribution is 6.42. The average molecular weight is 604 g/mol. The van der Waals surface area contributed by atoms with E-state index in [1.807, 2.05) is 11.8 Å². The van der Waals surface area contributed by atoms with Gasteiger partial charge >= 0.3 is 12.0 Å². The lowest BCUT2D eigenvalue weighted by Gasteiger charge is -2.38. The zero-order valence-electron chi connectivity index (χ0n) is 23.0. The van der Waals surface area contributed by atoms with Gasteiger partial charge in [-0.3, -0.25) is 14.6 Å². The first kappa shape index (κ1) is 29.0. The molecule has 0 saturated carbocycles. The van der Waals surface area contributed by atoms with E-state index in [-0.39, 0.29) is 25.3 Å². The summed E-state index contributed by atoms with van der Waals surface area (Å²) in [6, 6.07) is 9.17. The molecule has 218 valence electrons. The molecule has 12 heteroatoms. The summed E-state index contributed by atoms with van der Waals surface area (Å²) in [5, 5.41) is 3.64. The van der Waals surface area contributed by atoms with Gasteiger partial charge < -0.3 is 24.4 Å². The maximum Gasteiger partial charge on any atom is 0.338 e. The fourth-order valence-electron chi connectivity index (χ4n) is 5.36. The minimum absolute atomic E-state index is 0.0801. The molecule has 3 aliphatic rings. The van der Waals surface area contributed by atoms with Crippen molar-refractivity contribution in [1.82, 2.24) is 20.0 Å². The van der Waals surface area contributed by atoms with Gasteiger partial charge in [0, 0.05) is 50.5 Å². The molecule has 3 aliphatic heterocycles. The smallest absolute Gasteiger partial charge is 0.338 e. The highest BCUT2D eigenvalue weighted by Gasteiger charge is 2.38. The van der Waals surface area contributed by atoms with Crippen molar-refractivity contribution in [3.05, 3.63) is 68.8 Å². The lowest BCUT2D eigenvalue weighted by Crippen LogP contribution is -2.51. The molecule has 0 aliphatic carbocycles. The van der Waals surface area contributed by atoms with Crippen LogP contribution in [0.3, 0.4) is 0 Å². The molecule has 0 spiro atoms. The number of ether oxygens (including phenoxy) is 3. The van der Waals surface area contributed by atoms with Crippen LogP contribution in [0.4, 0.5) is 4.79 Å². The van der Waals surface area contributed by atoms with Gasteiger partial charge in [0.25, 0.3) is 5.91 Å². The number of hydrogen-bond donors (Lipinski definition) is 1. The molecule has 3 amide bonds. The first-order valence-electron chi connectivity index (χ1n) is 13.6. The predicted octanol–water partition coefficient (Wildman–Crippen LogP) is 4.47. The van der Waals surface area contributed by atoms with Gasteiger partial charge in [0.15, 0.2) is 11.5 Å². The van der Waals surface area contributed by atoms with Gasteiger partial charge in [0.05, 0.1) is 28.3 Å². The van der Waals surface area contributed by atoms with Crippen LogP contribution in [0.15, 0.2) is 47.7 Å². The molecule has 0 bridgehead atoms. The highest BCUT2D eigenvalue weighted by atomic mass is 35.5. The number of fused-ring (bicyclic) bond motifs is 1. The molecule has 3 heterocycles. The SMILES string of the molecule is CCOC(=O)C1=C(CN2CCCN(C(=O)c3ccc4c(c3)OCO4)CC2)N(CC)C(=O)NC1c1ccc(Cl)c(Cl)c1. The van der Waals surface area contributed by atoms with Gasteiger partial charge in [0.1, 0.15) is 0 Å². The summed E-state index contributed by atoms with van der Waals surface area (Å²) in [7, 11) is 0. The monoisotopic (exact) mass is 602 g/mol. The number of rotatable bonds is 7. The predicted molar refractivity (Wildman–Crippen MR) is 153 cm³/mol. The van der Waals surface area contributed by atoms with Crippen LogP contribution < -0.4 is 14.8 Å². The maximum absolute atomic E-state index is 13.4. The average Bonchev–Trinajstić information content (AvgIpc) is 3.31. The second-order valence-corrected chi connectivity index (χ2v) is 10.7. The van der Waals surface area contributed by atoms with Gasteiger partial charge in [-0.15, -0.1) is 0 Å². The molecule has 2 aromatic carbocycles. The minimum atomic E-state index is -0.759. The maximum atomic E-state index is 13.4. The molecule has 1 atom stereocenters. The summed E-state index contributed by atoms with van der Waals surface area (Å²) in [5.41, 5.74) is 2.09. The summed E-state index contributed by atoms with van der Waals surface area (Å²) in [4.78, 5) is 45.5. The van der Waals surface area contributed by atoms with E-state index < -0.39 is 12.0 Å². The zero-order chi connectivity index (χ0) is 29.1. The van der Waals surface area contributed by atoms with Crippen LogP contribution in [0.5, 0.6) is 11.5 Å². The molecule has 41 heavy (non-hydrogen) atoms. The number of nitrogens with zero attached hydrogens (tertiary/aromatic N) is 3. The Balaban J connectivity index is 1.40. The number of urea groups is 1. The van der Waals surface area contributed by atoms with Crippen LogP contribution in [-0.4, -0.2) is 85.3 Å². The van der Waals surface area contributed by atoms with Crippen molar-refractivity contribution in [1.29, 1.82) is 0 Å². The standard InChI is InChI=1S/C29H32Cl2N4O6/c1-3-35-22(25(28(37)39-4-2)26(32-29(35)38)18-6-8-20(30)21(31)14-18)16-33-10-5-11-34(13-12-33)27(36)19-7-9-23-24(15-19)41-17-40-23/h6-9,14-15,26H,3-5,10-13,16-17H2,1-2H3,(H,32,38). The van der Waals surface area contributed by atoms with Crippen molar-refractivity contribution >= 4 is 41.1 Å². The lowest BCUT2D eigenvalue weighted by atomic mass is 9.94. The fourth-order valence-corrected chi connectivity index (χ4v) is 5.66. The van der Waals surface area contributed by atoms with Crippen LogP contribution in [0.2, 0.25) is 10.0 Å². The first-order valence-corrected chi connectivity index (χ1v) is 14.4. The molecular weight excluding hydrogens is 571 g/mol. The van der Waals surface area contributed by atoms with Gasteiger partial charge in [-0.1, -0.05) is 29.3 Å². The number of nitrogens with one attached hydrogen (secondary N) is 1. The van der Waals surface area contributed by atoms with E-state index in [1.165, 1.54) is 0 Å². The Labute approximate surface area is 248 Å². The summed E-state index contributed by atoms with van der Waals surface area (Å²) in [6.07, 6.45) is 0.729. The lowest BCUT2D eigenvalue weighted by molar-refractivity contribution is -0.139. The Hall–Kier alpha value is -3.47. The quantitative estimate of drug-likeness (QED) is 0.466. The van der Waals surface area contributed by atoms with Gasteiger partial charge in [-0.05, 0) is 56.2 Å². The number of benzene rings is 2. The molecular formula is C29H32Cl2N4O6. The number of carbonyl (C=O) groups excluding carboxylic acids is 3. The molecule has 1 N–H and O–H groups in total. The largest absolute Gasteiger partial charge is 0.463 e. The van der Waals surface area contributed by atoms with E-state index in [4.69, 9.17) is 37.4 Å². The fraction of sp³-hybridized carbons (Fsp3) is 0.414. The molecule has 1 saturated heterocycles. The Morgan fingerprint density at radius 2 is 1.80 bits per heavy atom. The Kier molecular flexibility index (Phi) is 8.91. The topological polar surface area (TPSA) is 101 Å². The van der Waals surface area contributed by atoms with E-state index in [0.29, 0.717) is 83.2 Å². The number of carbonyl (C=O) groups is 3. The van der Waals surface area contributed by atoms with Gasteiger partial charge in [0.2, 0.25) is 6.79 Å². The first-order chi connectivity index (χ1) is 19.8. The van der Waals surface area contributed by atoms with Crippen LogP contribution >= 0.6 is 23.2 Å². The van der Waals surface area contributed by atoms with E-state index >= 15 is 0 Å². The van der Waals surface area contributed by atoms with E-state index in [1.54, 1.807) is 48.2 Å². The Morgan fingerprint density at radius 1 is 1.00 bits per heavy atom. The van der Waals surface area contributed by atoms with Crippen LogP contribution in [0, 0.1) is 0 Å². The second kappa shape index (κ2) is 12.6. The van der Waals surface area contributed by atoms with Crippen molar-refractivity contribution in [2.24, 2.45) is 0 Å². The number of hydrogen-bond acceptors (Lipinski definition) is 7. The Bertz CT molecular complexity index is 1380. The van der Waals surface area contributed by atoms with E-state index in [9.17, 15) is 14.4 Å². The van der Waals surface area contributed by atoms with Crippen molar-refractivity contribution in [2.45, 2.75) is 26.3 Å². The number of esters is 1. The molecule has 10 nitrogen and oxygen atoms in total. The minimum Gasteiger partial charge on any atom is -0.463 e. The van der Waals surface area contributed by atoms with Crippen molar-refractivity contribution in [3.63, 3.8) is 0 Å². The van der Waals surface area contributed by atoms with Crippen LogP contribution in [-0.2, 0) is 9.53 Å². The van der Waals surface area contributed by atoms with Crippen molar-refractivity contribution in [2.75, 3.05) is 52.7 Å². The Morgan fingerprint density at radius 3 is 2.56 bits per heavy atom. The number of amides is 3. The molecule has 0 radical (unpaired) electrons. The summed E-state index contributed by atoms with van der Waals surface area (Å²) in [5.74, 6) is 0.609. The van der Waals surface area contributed by atoms with Crippen LogP contribution in [0.25, 0.3) is 0 Å². The normalized spacial score (nSPS) is 19.2. The van der Waals surface area contributed by atoms with Gasteiger partial charge in [-0.25, -0.2) is 9.59 Å². The second-order valence-electron chi connectivity index (χ2n) is 9.87. The van der Waals surface area contributed by atoms with Gasteiger partial charge in [-0.2, -0.15) is 0 Å². The third-order valence-electron chi connectivity index (χ3n) is 7.40. The molecule has 2 aromatic rings. The summed E-state index contributed by atoms with van der Waals surface area (Å²) < 4.78 is 16.3. The molecule has 5 rings (SSSR count). The highest BCUT2D eigenvalue weighted by Crippen LogP contribution is 2.35. The van der Waals surface area contributed by atoms with E-state index in [2.05, 4.69) is 10.2 Å². The van der Waals surface area contributed by atoms with Crippen molar-refractivity contribution < 1.29 is 28.6 Å². The molecule has 1 unspecified atom stereocenters. The third-order valence-corrected chi connectivity index (χ3v) is 8.13. The van der Waals surface area contributed by atoms with E-state index in [0.717, 1.165) is 6.42 Å². The third kappa shape index (κ3) is 6.10. The van der Waals surface area contributed by atoms with Crippen molar-refractivity contribution in [3.8, 4) is 11.5 Å².